The molecule has 1 aliphatic heterocycles. The first-order valence-electron chi connectivity index (χ1n) is 8.24. The van der Waals surface area contributed by atoms with Crippen LogP contribution in [0.5, 0.6) is 5.75 Å². The Kier molecular flexibility index (Phi) is 5.86. The first-order chi connectivity index (χ1) is 11.8. The molecule has 1 aliphatic rings. The summed E-state index contributed by atoms with van der Waals surface area (Å²) in [6, 6.07) is 16.2. The average Bonchev–Trinajstić information content (AvgIpc) is 3.45. The van der Waals surface area contributed by atoms with E-state index in [1.807, 2.05) is 36.4 Å². The average molecular weight is 328 g/mol. The molecule has 24 heavy (non-hydrogen) atoms. The molecule has 1 saturated heterocycles. The zero-order valence-corrected chi connectivity index (χ0v) is 14.2. The Balaban J connectivity index is 1.46. The Morgan fingerprint density at radius 2 is 1.83 bits per heavy atom. The van der Waals surface area contributed by atoms with Gasteiger partial charge in [0.2, 0.25) is 0 Å². The molecule has 0 unspecified atom stereocenters. The van der Waals surface area contributed by atoms with Crippen molar-refractivity contribution >= 4 is 0 Å². The molecular weight excluding hydrogens is 304 g/mol. The quantitative estimate of drug-likeness (QED) is 0.661. The van der Waals surface area contributed by atoms with Crippen molar-refractivity contribution in [2.24, 2.45) is 0 Å². The number of methoxy groups -OCH3 is 1. The molecule has 3 rings (SSSR count). The minimum absolute atomic E-state index is 0.0251. The Bertz CT molecular complexity index is 634. The molecule has 1 heterocycles. The molecule has 0 spiro atoms. The van der Waals surface area contributed by atoms with Crippen LogP contribution in [0.1, 0.15) is 16.7 Å². The topological polar surface area (TPSA) is 40.2 Å². The first-order valence-corrected chi connectivity index (χ1v) is 8.24. The van der Waals surface area contributed by atoms with Crippen molar-refractivity contribution in [3.05, 3.63) is 65.2 Å². The number of epoxide rings is 1. The van der Waals surface area contributed by atoms with Gasteiger partial charge in [-0.1, -0.05) is 36.4 Å². The number of ether oxygens (including phenoxy) is 4. The molecule has 2 atom stereocenters. The van der Waals surface area contributed by atoms with Crippen LogP contribution in [-0.4, -0.2) is 32.5 Å². The Labute approximate surface area is 143 Å². The molecule has 0 radical (unpaired) electrons. The lowest BCUT2D eigenvalue weighted by atomic mass is 10.1. The zero-order valence-electron chi connectivity index (χ0n) is 14.2. The maximum absolute atomic E-state index is 6.04. The molecule has 0 aliphatic carbocycles. The maximum atomic E-state index is 6.04. The van der Waals surface area contributed by atoms with E-state index in [9.17, 15) is 0 Å². The maximum Gasteiger partial charge on any atom is 0.118 e. The molecule has 0 aromatic heterocycles. The Hall–Kier alpha value is -1.88. The van der Waals surface area contributed by atoms with Gasteiger partial charge in [0.25, 0.3) is 0 Å². The highest BCUT2D eigenvalue weighted by molar-refractivity contribution is 5.26. The van der Waals surface area contributed by atoms with Crippen LogP contribution in [0, 0.1) is 6.92 Å². The number of hydrogen-bond donors (Lipinski definition) is 0. The molecule has 0 saturated carbocycles. The molecule has 0 amide bonds. The van der Waals surface area contributed by atoms with Crippen LogP contribution in [0.2, 0.25) is 0 Å². The van der Waals surface area contributed by atoms with Crippen molar-refractivity contribution in [1.29, 1.82) is 0 Å². The fourth-order valence-corrected chi connectivity index (χ4v) is 2.52. The molecule has 2 aromatic carbocycles. The fourth-order valence-electron chi connectivity index (χ4n) is 2.52. The first kappa shape index (κ1) is 17.0. The summed E-state index contributed by atoms with van der Waals surface area (Å²) in [5.74, 6) is 0.851. The molecule has 1 fully saturated rings. The van der Waals surface area contributed by atoms with Crippen molar-refractivity contribution in [1.82, 2.24) is 0 Å². The van der Waals surface area contributed by atoms with Gasteiger partial charge in [-0.3, -0.25) is 0 Å². The third-order valence-electron chi connectivity index (χ3n) is 4.20. The molecule has 2 aromatic rings. The fraction of sp³-hybridized carbons (Fsp3) is 0.400. The minimum atomic E-state index is -0.0251. The SMILES string of the molecule is COc1ccc(COC[C@H](OCc2ccccc2C)[C@H]2CO2)cc1. The van der Waals surface area contributed by atoms with Crippen LogP contribution < -0.4 is 4.74 Å². The Morgan fingerprint density at radius 3 is 2.50 bits per heavy atom. The third-order valence-corrected chi connectivity index (χ3v) is 4.20. The van der Waals surface area contributed by atoms with E-state index < -0.39 is 0 Å². The van der Waals surface area contributed by atoms with Gasteiger partial charge >= 0.3 is 0 Å². The summed E-state index contributed by atoms with van der Waals surface area (Å²) in [6.45, 7) is 4.53. The second-order valence-corrected chi connectivity index (χ2v) is 6.01. The summed E-state index contributed by atoms with van der Waals surface area (Å²) < 4.78 is 22.4. The molecule has 128 valence electrons. The lowest BCUT2D eigenvalue weighted by molar-refractivity contribution is -0.0418. The van der Waals surface area contributed by atoms with Crippen molar-refractivity contribution in [3.63, 3.8) is 0 Å². The molecule has 0 N–H and O–H groups in total. The van der Waals surface area contributed by atoms with Gasteiger partial charge in [0.15, 0.2) is 0 Å². The molecular formula is C20H24O4. The highest BCUT2D eigenvalue weighted by Crippen LogP contribution is 2.20. The predicted octanol–water partition coefficient (Wildman–Crippen LogP) is 3.50. The van der Waals surface area contributed by atoms with Gasteiger partial charge in [-0.05, 0) is 35.7 Å². The molecule has 4 heteroatoms. The van der Waals surface area contributed by atoms with Crippen molar-refractivity contribution < 1.29 is 18.9 Å². The van der Waals surface area contributed by atoms with E-state index >= 15 is 0 Å². The van der Waals surface area contributed by atoms with Crippen LogP contribution in [0.25, 0.3) is 0 Å². The Morgan fingerprint density at radius 1 is 1.08 bits per heavy atom. The van der Waals surface area contributed by atoms with E-state index in [4.69, 9.17) is 18.9 Å². The number of benzene rings is 2. The van der Waals surface area contributed by atoms with Crippen LogP contribution >= 0.6 is 0 Å². The lowest BCUT2D eigenvalue weighted by Gasteiger charge is -2.17. The highest BCUT2D eigenvalue weighted by Gasteiger charge is 2.33. The normalized spacial score (nSPS) is 17.5. The number of hydrogen-bond acceptors (Lipinski definition) is 4. The second kappa shape index (κ2) is 8.29. The van der Waals surface area contributed by atoms with Gasteiger partial charge in [0, 0.05) is 0 Å². The van der Waals surface area contributed by atoms with Crippen molar-refractivity contribution in [2.75, 3.05) is 20.3 Å². The van der Waals surface area contributed by atoms with E-state index in [1.165, 1.54) is 11.1 Å². The zero-order chi connectivity index (χ0) is 16.8. The lowest BCUT2D eigenvalue weighted by Crippen LogP contribution is -2.26. The van der Waals surface area contributed by atoms with E-state index in [0.717, 1.165) is 17.9 Å². The minimum Gasteiger partial charge on any atom is -0.497 e. The molecule has 0 bridgehead atoms. The van der Waals surface area contributed by atoms with Crippen LogP contribution in [-0.2, 0) is 27.4 Å². The van der Waals surface area contributed by atoms with E-state index in [1.54, 1.807) is 7.11 Å². The largest absolute Gasteiger partial charge is 0.497 e. The summed E-state index contributed by atoms with van der Waals surface area (Å²) in [4.78, 5) is 0. The highest BCUT2D eigenvalue weighted by atomic mass is 16.6. The van der Waals surface area contributed by atoms with Crippen molar-refractivity contribution in [3.8, 4) is 5.75 Å². The summed E-state index contributed by atoms with van der Waals surface area (Å²) in [5.41, 5.74) is 3.57. The predicted molar refractivity (Wildman–Crippen MR) is 92.1 cm³/mol. The number of aryl methyl sites for hydroxylation is 1. The van der Waals surface area contributed by atoms with E-state index in [-0.39, 0.29) is 12.2 Å². The summed E-state index contributed by atoms with van der Waals surface area (Å²) in [7, 11) is 1.66. The standard InChI is InChI=1S/C20H24O4/c1-15-5-3-4-6-17(15)12-23-19(20-14-24-20)13-22-11-16-7-9-18(21-2)10-8-16/h3-10,19-20H,11-14H2,1-2H3/t19-,20+/m0/s1. The van der Waals surface area contributed by atoms with E-state index in [0.29, 0.717) is 19.8 Å². The van der Waals surface area contributed by atoms with Gasteiger partial charge < -0.3 is 18.9 Å². The van der Waals surface area contributed by atoms with Gasteiger partial charge in [0.1, 0.15) is 18.0 Å². The van der Waals surface area contributed by atoms with E-state index in [2.05, 4.69) is 19.1 Å². The molecule has 4 nitrogen and oxygen atoms in total. The smallest absolute Gasteiger partial charge is 0.118 e. The van der Waals surface area contributed by atoms with Crippen molar-refractivity contribution in [2.45, 2.75) is 32.3 Å². The van der Waals surface area contributed by atoms with Gasteiger partial charge in [0.05, 0.1) is 33.5 Å². The second-order valence-electron chi connectivity index (χ2n) is 6.01. The van der Waals surface area contributed by atoms with Gasteiger partial charge in [-0.15, -0.1) is 0 Å². The van der Waals surface area contributed by atoms with Crippen LogP contribution in [0.3, 0.4) is 0 Å². The summed E-state index contributed by atoms with van der Waals surface area (Å²) in [6.07, 6.45) is 0.132. The van der Waals surface area contributed by atoms with Gasteiger partial charge in [-0.2, -0.15) is 0 Å². The monoisotopic (exact) mass is 328 g/mol. The van der Waals surface area contributed by atoms with Gasteiger partial charge in [-0.25, -0.2) is 0 Å². The van der Waals surface area contributed by atoms with Crippen LogP contribution in [0.15, 0.2) is 48.5 Å². The van der Waals surface area contributed by atoms with Crippen LogP contribution in [0.4, 0.5) is 0 Å². The summed E-state index contributed by atoms with van der Waals surface area (Å²) in [5, 5.41) is 0. The summed E-state index contributed by atoms with van der Waals surface area (Å²) >= 11 is 0. The number of rotatable bonds is 9. The third kappa shape index (κ3) is 4.81.